The van der Waals surface area contributed by atoms with E-state index in [9.17, 15) is 0 Å². The fourth-order valence-electron chi connectivity index (χ4n) is 2.66. The summed E-state index contributed by atoms with van der Waals surface area (Å²) < 4.78 is 2.07. The van der Waals surface area contributed by atoms with Crippen molar-refractivity contribution in [2.45, 2.75) is 19.4 Å². The second kappa shape index (κ2) is 4.96. The van der Waals surface area contributed by atoms with Crippen LogP contribution in [0.5, 0.6) is 0 Å². The van der Waals surface area contributed by atoms with Gasteiger partial charge < -0.3 is 14.8 Å². The van der Waals surface area contributed by atoms with Gasteiger partial charge in [-0.2, -0.15) is 0 Å². The van der Waals surface area contributed by atoms with Gasteiger partial charge in [0.2, 0.25) is 0 Å². The number of imidazole rings is 1. The van der Waals surface area contributed by atoms with Crippen LogP contribution in [0.3, 0.4) is 0 Å². The highest BCUT2D eigenvalue weighted by molar-refractivity contribution is 5.74. The lowest BCUT2D eigenvalue weighted by molar-refractivity contribution is 0.758. The summed E-state index contributed by atoms with van der Waals surface area (Å²) in [5.74, 6) is 1.08. The van der Waals surface area contributed by atoms with E-state index in [1.807, 2.05) is 19.4 Å². The number of para-hydroxylation sites is 1. The molecule has 3 rings (SSSR count). The molecule has 1 aromatic carbocycles. The van der Waals surface area contributed by atoms with Crippen molar-refractivity contribution >= 4 is 11.4 Å². The number of nitrogens with one attached hydrogen (secondary N) is 1. The van der Waals surface area contributed by atoms with Crippen LogP contribution in [-0.2, 0) is 20.0 Å². The third-order valence-electron chi connectivity index (χ3n) is 3.76. The fraction of sp³-hybridized carbons (Fsp3) is 0.400. The maximum Gasteiger partial charge on any atom is 0.127 e. The van der Waals surface area contributed by atoms with Gasteiger partial charge in [0.25, 0.3) is 0 Å². The van der Waals surface area contributed by atoms with Crippen LogP contribution >= 0.6 is 0 Å². The smallest absolute Gasteiger partial charge is 0.127 e. The van der Waals surface area contributed by atoms with Gasteiger partial charge in [-0.15, -0.1) is 0 Å². The average molecular weight is 256 g/mol. The molecule has 2 aromatic rings. The molecule has 4 heteroatoms. The molecule has 2 heterocycles. The molecule has 1 aliphatic rings. The van der Waals surface area contributed by atoms with Crippen LogP contribution < -0.4 is 10.2 Å². The van der Waals surface area contributed by atoms with E-state index in [2.05, 4.69) is 45.0 Å². The molecular weight excluding hydrogens is 236 g/mol. The summed E-state index contributed by atoms with van der Waals surface area (Å²) in [6.45, 7) is 1.89. The summed E-state index contributed by atoms with van der Waals surface area (Å²) in [6.07, 6.45) is 6.23. The molecule has 0 amide bonds. The first-order valence-electron chi connectivity index (χ1n) is 6.79. The number of benzene rings is 1. The third-order valence-corrected chi connectivity index (χ3v) is 3.76. The molecule has 0 bridgehead atoms. The molecular formula is C15H20N4. The Morgan fingerprint density at radius 3 is 3.11 bits per heavy atom. The zero-order valence-corrected chi connectivity index (χ0v) is 11.6. The second-order valence-electron chi connectivity index (χ2n) is 5.15. The summed E-state index contributed by atoms with van der Waals surface area (Å²) in [4.78, 5) is 6.66. The quantitative estimate of drug-likeness (QED) is 0.915. The number of hydrogen-bond donors (Lipinski definition) is 1. The highest BCUT2D eigenvalue weighted by Crippen LogP contribution is 2.32. The Kier molecular flexibility index (Phi) is 3.15. The molecule has 0 atom stereocenters. The molecule has 0 saturated carbocycles. The van der Waals surface area contributed by atoms with E-state index in [1.165, 1.54) is 29.8 Å². The van der Waals surface area contributed by atoms with E-state index in [4.69, 9.17) is 0 Å². The molecule has 1 aromatic heterocycles. The van der Waals surface area contributed by atoms with Crippen LogP contribution in [0.2, 0.25) is 0 Å². The monoisotopic (exact) mass is 256 g/mol. The lowest BCUT2D eigenvalue weighted by atomic mass is 10.0. The molecule has 0 spiro atoms. The standard InChI is InChI=1S/C15H20N4/c1-18-10-9-16-14(18)11-19(2)13-7-3-5-12-6-4-8-17-15(12)13/h3,5,7,9-10,17H,4,6,8,11H2,1-2H3. The predicted molar refractivity (Wildman–Crippen MR) is 78.6 cm³/mol. The van der Waals surface area contributed by atoms with Crippen LogP contribution in [0, 0.1) is 0 Å². The Morgan fingerprint density at radius 2 is 2.32 bits per heavy atom. The van der Waals surface area contributed by atoms with Gasteiger partial charge in [0.15, 0.2) is 0 Å². The first-order chi connectivity index (χ1) is 9.25. The highest BCUT2D eigenvalue weighted by atomic mass is 15.2. The van der Waals surface area contributed by atoms with Crippen LogP contribution in [0.1, 0.15) is 17.8 Å². The van der Waals surface area contributed by atoms with Gasteiger partial charge >= 0.3 is 0 Å². The molecule has 0 aliphatic carbocycles. The summed E-state index contributed by atoms with van der Waals surface area (Å²) in [7, 11) is 4.16. The summed E-state index contributed by atoms with van der Waals surface area (Å²) in [5, 5.41) is 3.54. The van der Waals surface area contributed by atoms with E-state index in [-0.39, 0.29) is 0 Å². The molecule has 1 N–H and O–H groups in total. The molecule has 4 nitrogen and oxygen atoms in total. The van der Waals surface area contributed by atoms with Crippen molar-refractivity contribution in [3.8, 4) is 0 Å². The number of aromatic nitrogens is 2. The minimum absolute atomic E-state index is 0.821. The predicted octanol–water partition coefficient (Wildman–Crippen LogP) is 2.41. The number of hydrogen-bond acceptors (Lipinski definition) is 3. The minimum atomic E-state index is 0.821. The fourth-order valence-corrected chi connectivity index (χ4v) is 2.66. The van der Waals surface area contributed by atoms with Gasteiger partial charge in [-0.1, -0.05) is 12.1 Å². The van der Waals surface area contributed by atoms with Crippen molar-refractivity contribution in [1.29, 1.82) is 0 Å². The number of anilines is 2. The molecule has 1 aliphatic heterocycles. The van der Waals surface area contributed by atoms with Crippen LogP contribution in [0.25, 0.3) is 0 Å². The second-order valence-corrected chi connectivity index (χ2v) is 5.15. The Balaban J connectivity index is 1.87. The van der Waals surface area contributed by atoms with Gasteiger partial charge in [-0.25, -0.2) is 4.98 Å². The van der Waals surface area contributed by atoms with Crippen molar-refractivity contribution in [3.63, 3.8) is 0 Å². The van der Waals surface area contributed by atoms with Crippen LogP contribution in [-0.4, -0.2) is 23.1 Å². The van der Waals surface area contributed by atoms with Crippen molar-refractivity contribution < 1.29 is 0 Å². The Morgan fingerprint density at radius 1 is 1.42 bits per heavy atom. The van der Waals surface area contributed by atoms with Crippen LogP contribution in [0.4, 0.5) is 11.4 Å². The first-order valence-corrected chi connectivity index (χ1v) is 6.79. The van der Waals surface area contributed by atoms with Crippen molar-refractivity contribution in [3.05, 3.63) is 42.0 Å². The van der Waals surface area contributed by atoms with E-state index in [0.717, 1.165) is 18.9 Å². The Bertz CT molecular complexity index is 573. The van der Waals surface area contributed by atoms with Crippen molar-refractivity contribution in [1.82, 2.24) is 9.55 Å². The van der Waals surface area contributed by atoms with E-state index in [0.29, 0.717) is 0 Å². The van der Waals surface area contributed by atoms with Gasteiger partial charge in [0.05, 0.1) is 17.9 Å². The number of nitrogens with zero attached hydrogens (tertiary/aromatic N) is 3. The molecule has 19 heavy (non-hydrogen) atoms. The molecule has 0 fully saturated rings. The maximum absolute atomic E-state index is 4.39. The number of fused-ring (bicyclic) bond motifs is 1. The largest absolute Gasteiger partial charge is 0.383 e. The van der Waals surface area contributed by atoms with Gasteiger partial charge in [0, 0.05) is 33.0 Å². The maximum atomic E-state index is 4.39. The van der Waals surface area contributed by atoms with Gasteiger partial charge in [0.1, 0.15) is 5.82 Å². The molecule has 0 radical (unpaired) electrons. The third kappa shape index (κ3) is 2.30. The molecule has 100 valence electrons. The topological polar surface area (TPSA) is 33.1 Å². The normalized spacial score (nSPS) is 13.8. The summed E-state index contributed by atoms with van der Waals surface area (Å²) in [6, 6.07) is 6.55. The van der Waals surface area contributed by atoms with E-state index >= 15 is 0 Å². The SMILES string of the molecule is CN(Cc1nccn1C)c1cccc2c1NCCC2. The lowest BCUT2D eigenvalue weighted by Crippen LogP contribution is -2.22. The summed E-state index contributed by atoms with van der Waals surface area (Å²) >= 11 is 0. The summed E-state index contributed by atoms with van der Waals surface area (Å²) in [5.41, 5.74) is 3.99. The number of rotatable bonds is 3. The average Bonchev–Trinajstić information content (AvgIpc) is 2.83. The molecule has 0 saturated heterocycles. The van der Waals surface area contributed by atoms with Crippen molar-refractivity contribution in [2.24, 2.45) is 7.05 Å². The first kappa shape index (κ1) is 12.1. The Hall–Kier alpha value is -1.97. The van der Waals surface area contributed by atoms with Crippen molar-refractivity contribution in [2.75, 3.05) is 23.8 Å². The lowest BCUT2D eigenvalue weighted by Gasteiger charge is -2.27. The zero-order valence-electron chi connectivity index (χ0n) is 11.6. The highest BCUT2D eigenvalue weighted by Gasteiger charge is 2.15. The van der Waals surface area contributed by atoms with Gasteiger partial charge in [-0.3, -0.25) is 0 Å². The number of aryl methyl sites for hydroxylation is 2. The zero-order chi connectivity index (χ0) is 13.2. The van der Waals surface area contributed by atoms with Crippen LogP contribution in [0.15, 0.2) is 30.6 Å². The van der Waals surface area contributed by atoms with Gasteiger partial charge in [-0.05, 0) is 24.5 Å². The molecule has 0 unspecified atom stereocenters. The van der Waals surface area contributed by atoms with E-state index in [1.54, 1.807) is 0 Å². The minimum Gasteiger partial charge on any atom is -0.383 e. The Labute approximate surface area is 114 Å². The van der Waals surface area contributed by atoms with E-state index < -0.39 is 0 Å².